The topological polar surface area (TPSA) is 78.9 Å². The van der Waals surface area contributed by atoms with Crippen LogP contribution < -0.4 is 4.74 Å². The minimum absolute atomic E-state index is 0.542. The SMILES string of the molecule is COc1cccc(-c2noc(CSc3nncn3C)n2)c1. The summed E-state index contributed by atoms with van der Waals surface area (Å²) >= 11 is 1.49. The van der Waals surface area contributed by atoms with Gasteiger partial charge >= 0.3 is 0 Å². The van der Waals surface area contributed by atoms with E-state index in [2.05, 4.69) is 20.3 Å². The summed E-state index contributed by atoms with van der Waals surface area (Å²) in [5, 5.41) is 12.6. The van der Waals surface area contributed by atoms with Crippen LogP contribution in [0, 0.1) is 0 Å². The third-order valence-corrected chi connectivity index (χ3v) is 3.81. The predicted octanol–water partition coefficient (Wildman–Crippen LogP) is 2.17. The molecule has 0 saturated carbocycles. The molecule has 0 saturated heterocycles. The maximum absolute atomic E-state index is 5.25. The van der Waals surface area contributed by atoms with Crippen LogP contribution in [0.5, 0.6) is 5.75 Å². The Balaban J connectivity index is 1.72. The van der Waals surface area contributed by atoms with Crippen molar-refractivity contribution in [2.75, 3.05) is 7.11 Å². The lowest BCUT2D eigenvalue weighted by Gasteiger charge is -1.99. The van der Waals surface area contributed by atoms with Crippen LogP contribution in [0.2, 0.25) is 0 Å². The molecule has 108 valence electrons. The van der Waals surface area contributed by atoms with Gasteiger partial charge in [-0.2, -0.15) is 4.98 Å². The van der Waals surface area contributed by atoms with E-state index in [-0.39, 0.29) is 0 Å². The Morgan fingerprint density at radius 1 is 1.38 bits per heavy atom. The standard InChI is InChI=1S/C13H13N5O2S/c1-18-8-14-16-13(18)21-7-11-15-12(17-20-11)9-4-3-5-10(6-9)19-2/h3-6,8H,7H2,1-2H3. The van der Waals surface area contributed by atoms with Gasteiger partial charge in [-0.3, -0.25) is 0 Å². The van der Waals surface area contributed by atoms with Crippen molar-refractivity contribution in [1.82, 2.24) is 24.9 Å². The fourth-order valence-corrected chi connectivity index (χ4v) is 2.45. The summed E-state index contributed by atoms with van der Waals surface area (Å²) in [6, 6.07) is 7.53. The Bertz CT molecular complexity index is 740. The van der Waals surface area contributed by atoms with Gasteiger partial charge in [0.2, 0.25) is 11.7 Å². The van der Waals surface area contributed by atoms with E-state index in [0.29, 0.717) is 17.5 Å². The number of nitrogens with zero attached hydrogens (tertiary/aromatic N) is 5. The van der Waals surface area contributed by atoms with Gasteiger partial charge in [-0.05, 0) is 12.1 Å². The van der Waals surface area contributed by atoms with Crippen LogP contribution >= 0.6 is 11.8 Å². The number of aryl methyl sites for hydroxylation is 1. The number of benzene rings is 1. The summed E-state index contributed by atoms with van der Waals surface area (Å²) in [6.07, 6.45) is 1.65. The molecular weight excluding hydrogens is 290 g/mol. The zero-order chi connectivity index (χ0) is 14.7. The molecule has 8 heteroatoms. The molecule has 1 aromatic carbocycles. The van der Waals surface area contributed by atoms with Crippen LogP contribution in [0.25, 0.3) is 11.4 Å². The molecule has 0 fully saturated rings. The Kier molecular flexibility index (Phi) is 3.87. The van der Waals surface area contributed by atoms with Gasteiger partial charge in [0, 0.05) is 12.6 Å². The van der Waals surface area contributed by atoms with Gasteiger partial charge in [-0.1, -0.05) is 29.1 Å². The average Bonchev–Trinajstić information content (AvgIpc) is 3.14. The first-order chi connectivity index (χ1) is 10.3. The van der Waals surface area contributed by atoms with Crippen molar-refractivity contribution in [3.05, 3.63) is 36.5 Å². The van der Waals surface area contributed by atoms with E-state index in [1.165, 1.54) is 11.8 Å². The van der Waals surface area contributed by atoms with Gasteiger partial charge in [-0.15, -0.1) is 10.2 Å². The molecule has 0 aliphatic heterocycles. The fraction of sp³-hybridized carbons (Fsp3) is 0.231. The van der Waals surface area contributed by atoms with Crippen LogP contribution in [0.1, 0.15) is 5.89 Å². The second-order valence-electron chi connectivity index (χ2n) is 4.26. The molecule has 7 nitrogen and oxygen atoms in total. The summed E-state index contributed by atoms with van der Waals surface area (Å²) in [6.45, 7) is 0. The first-order valence-electron chi connectivity index (χ1n) is 6.20. The minimum atomic E-state index is 0.542. The quantitative estimate of drug-likeness (QED) is 0.668. The third-order valence-electron chi connectivity index (χ3n) is 2.79. The molecular formula is C13H13N5O2S. The summed E-state index contributed by atoms with van der Waals surface area (Å²) in [5.41, 5.74) is 0.855. The molecule has 21 heavy (non-hydrogen) atoms. The number of hydrogen-bond acceptors (Lipinski definition) is 7. The highest BCUT2D eigenvalue weighted by atomic mass is 32.2. The van der Waals surface area contributed by atoms with Crippen molar-refractivity contribution >= 4 is 11.8 Å². The molecule has 2 aromatic heterocycles. The van der Waals surface area contributed by atoms with Gasteiger partial charge in [0.05, 0.1) is 12.9 Å². The number of ether oxygens (including phenoxy) is 1. The Labute approximate surface area is 125 Å². The van der Waals surface area contributed by atoms with E-state index in [4.69, 9.17) is 9.26 Å². The van der Waals surface area contributed by atoms with Crippen molar-refractivity contribution in [2.45, 2.75) is 10.9 Å². The first-order valence-corrected chi connectivity index (χ1v) is 7.18. The van der Waals surface area contributed by atoms with E-state index in [1.807, 2.05) is 35.9 Å². The highest BCUT2D eigenvalue weighted by Crippen LogP contribution is 2.23. The Morgan fingerprint density at radius 3 is 3.05 bits per heavy atom. The Morgan fingerprint density at radius 2 is 2.29 bits per heavy atom. The molecule has 0 radical (unpaired) electrons. The van der Waals surface area contributed by atoms with Gasteiger partial charge in [-0.25, -0.2) is 0 Å². The normalized spacial score (nSPS) is 10.8. The van der Waals surface area contributed by atoms with Crippen LogP contribution in [-0.2, 0) is 12.8 Å². The van der Waals surface area contributed by atoms with Crippen molar-refractivity contribution < 1.29 is 9.26 Å². The summed E-state index contributed by atoms with van der Waals surface area (Å²) < 4.78 is 12.3. The van der Waals surface area contributed by atoms with Gasteiger partial charge in [0.1, 0.15) is 12.1 Å². The zero-order valence-electron chi connectivity index (χ0n) is 11.6. The first kappa shape index (κ1) is 13.6. The van der Waals surface area contributed by atoms with Crippen molar-refractivity contribution in [1.29, 1.82) is 0 Å². The van der Waals surface area contributed by atoms with Gasteiger partial charge < -0.3 is 13.8 Å². The minimum Gasteiger partial charge on any atom is -0.497 e. The fourth-order valence-electron chi connectivity index (χ4n) is 1.72. The lowest BCUT2D eigenvalue weighted by atomic mass is 10.2. The van der Waals surface area contributed by atoms with Gasteiger partial charge in [0.25, 0.3) is 0 Å². The second-order valence-corrected chi connectivity index (χ2v) is 5.20. The van der Waals surface area contributed by atoms with E-state index >= 15 is 0 Å². The largest absolute Gasteiger partial charge is 0.497 e. The van der Waals surface area contributed by atoms with E-state index in [1.54, 1.807) is 13.4 Å². The van der Waals surface area contributed by atoms with Crippen molar-refractivity contribution in [3.8, 4) is 17.1 Å². The molecule has 0 spiro atoms. The zero-order valence-corrected chi connectivity index (χ0v) is 12.4. The third kappa shape index (κ3) is 3.05. The van der Waals surface area contributed by atoms with E-state index in [9.17, 15) is 0 Å². The summed E-state index contributed by atoms with van der Waals surface area (Å²) in [5.74, 6) is 2.39. The monoisotopic (exact) mass is 303 g/mol. The number of hydrogen-bond donors (Lipinski definition) is 0. The number of rotatable bonds is 5. The molecule has 3 aromatic rings. The van der Waals surface area contributed by atoms with Crippen LogP contribution in [0.3, 0.4) is 0 Å². The number of thioether (sulfide) groups is 1. The second kappa shape index (κ2) is 5.96. The highest BCUT2D eigenvalue weighted by molar-refractivity contribution is 7.98. The van der Waals surface area contributed by atoms with E-state index in [0.717, 1.165) is 16.5 Å². The van der Waals surface area contributed by atoms with Crippen LogP contribution in [0.15, 0.2) is 40.3 Å². The smallest absolute Gasteiger partial charge is 0.237 e. The predicted molar refractivity (Wildman–Crippen MR) is 76.9 cm³/mol. The van der Waals surface area contributed by atoms with Gasteiger partial charge in [0.15, 0.2) is 5.16 Å². The summed E-state index contributed by atoms with van der Waals surface area (Å²) in [4.78, 5) is 4.37. The molecule has 3 rings (SSSR count). The molecule has 0 bridgehead atoms. The lowest BCUT2D eigenvalue weighted by molar-refractivity contribution is 0.391. The molecule has 0 amide bonds. The Hall–Kier alpha value is -2.35. The highest BCUT2D eigenvalue weighted by Gasteiger charge is 2.11. The van der Waals surface area contributed by atoms with Crippen LogP contribution in [-0.4, -0.2) is 32.0 Å². The summed E-state index contributed by atoms with van der Waals surface area (Å²) in [7, 11) is 3.51. The van der Waals surface area contributed by atoms with Crippen LogP contribution in [0.4, 0.5) is 0 Å². The molecule has 0 atom stereocenters. The lowest BCUT2D eigenvalue weighted by Crippen LogP contribution is -1.90. The average molecular weight is 303 g/mol. The number of aromatic nitrogens is 5. The maximum Gasteiger partial charge on any atom is 0.237 e. The van der Waals surface area contributed by atoms with Crippen molar-refractivity contribution in [2.24, 2.45) is 7.05 Å². The number of methoxy groups -OCH3 is 1. The maximum atomic E-state index is 5.25. The molecule has 0 N–H and O–H groups in total. The molecule has 0 unspecified atom stereocenters. The van der Waals surface area contributed by atoms with E-state index < -0.39 is 0 Å². The molecule has 0 aliphatic carbocycles. The van der Waals surface area contributed by atoms with Crippen molar-refractivity contribution in [3.63, 3.8) is 0 Å². The molecule has 0 aliphatic rings. The molecule has 2 heterocycles.